The van der Waals surface area contributed by atoms with Crippen LogP contribution in [0, 0.1) is 17.5 Å². The maximum Gasteiger partial charge on any atom is 0.241 e. The molecule has 1 aliphatic heterocycles. The number of ether oxygens (including phenoxy) is 1. The highest BCUT2D eigenvalue weighted by molar-refractivity contribution is 5.81. The van der Waals surface area contributed by atoms with Crippen LogP contribution in [0.4, 0.5) is 13.2 Å². The SMILES string of the molecule is CC1(C)c2nc(-c3ccc(F)cc3)c(Oc3ccc(F)c(F)c3)n2C=CN1C(=O)CN. The number of halogens is 3. The fourth-order valence-electron chi connectivity index (χ4n) is 3.45. The molecule has 0 bridgehead atoms. The quantitative estimate of drug-likeness (QED) is 0.675. The molecular formula is C22H19F3N4O2. The second kappa shape index (κ2) is 7.59. The van der Waals surface area contributed by atoms with Crippen molar-refractivity contribution >= 4 is 12.1 Å². The van der Waals surface area contributed by atoms with Gasteiger partial charge in [-0.05, 0) is 50.2 Å². The predicted octanol–water partition coefficient (Wildman–Crippen LogP) is 4.22. The van der Waals surface area contributed by atoms with Gasteiger partial charge in [-0.1, -0.05) is 0 Å². The second-order valence-electron chi connectivity index (χ2n) is 7.47. The molecule has 31 heavy (non-hydrogen) atoms. The first kappa shape index (κ1) is 20.7. The summed E-state index contributed by atoms with van der Waals surface area (Å²) < 4.78 is 48.0. The lowest BCUT2D eigenvalue weighted by Gasteiger charge is -2.38. The Balaban J connectivity index is 1.88. The molecule has 9 heteroatoms. The van der Waals surface area contributed by atoms with Gasteiger partial charge in [0.1, 0.15) is 28.6 Å². The summed E-state index contributed by atoms with van der Waals surface area (Å²) in [5.41, 5.74) is 5.53. The monoisotopic (exact) mass is 428 g/mol. The fourth-order valence-corrected chi connectivity index (χ4v) is 3.45. The lowest BCUT2D eigenvalue weighted by molar-refractivity contribution is -0.132. The number of rotatable bonds is 4. The molecule has 3 aromatic rings. The normalized spacial score (nSPS) is 14.5. The van der Waals surface area contributed by atoms with Gasteiger partial charge in [0.2, 0.25) is 11.8 Å². The number of nitrogens with zero attached hydrogens (tertiary/aromatic N) is 3. The van der Waals surface area contributed by atoms with Gasteiger partial charge < -0.3 is 15.4 Å². The van der Waals surface area contributed by atoms with E-state index in [2.05, 4.69) is 4.98 Å². The summed E-state index contributed by atoms with van der Waals surface area (Å²) >= 11 is 0. The zero-order valence-corrected chi connectivity index (χ0v) is 16.8. The van der Waals surface area contributed by atoms with Crippen molar-refractivity contribution in [3.63, 3.8) is 0 Å². The molecule has 4 rings (SSSR count). The zero-order chi connectivity index (χ0) is 22.3. The van der Waals surface area contributed by atoms with Crippen molar-refractivity contribution < 1.29 is 22.7 Å². The van der Waals surface area contributed by atoms with Crippen LogP contribution in [0.25, 0.3) is 17.5 Å². The van der Waals surface area contributed by atoms with E-state index in [1.807, 2.05) is 0 Å². The number of fused-ring (bicyclic) bond motifs is 1. The second-order valence-corrected chi connectivity index (χ2v) is 7.47. The number of aromatic nitrogens is 2. The predicted molar refractivity (Wildman–Crippen MR) is 108 cm³/mol. The van der Waals surface area contributed by atoms with E-state index in [1.54, 1.807) is 30.8 Å². The van der Waals surface area contributed by atoms with E-state index < -0.39 is 23.0 Å². The summed E-state index contributed by atoms with van der Waals surface area (Å²) in [5.74, 6) is -2.08. The van der Waals surface area contributed by atoms with Crippen molar-refractivity contribution in [3.8, 4) is 22.9 Å². The highest BCUT2D eigenvalue weighted by Crippen LogP contribution is 2.41. The van der Waals surface area contributed by atoms with E-state index in [0.717, 1.165) is 12.1 Å². The van der Waals surface area contributed by atoms with Gasteiger partial charge in [0.15, 0.2) is 11.6 Å². The summed E-state index contributed by atoms with van der Waals surface area (Å²) in [6.45, 7) is 3.40. The molecule has 2 aromatic carbocycles. The van der Waals surface area contributed by atoms with E-state index in [9.17, 15) is 18.0 Å². The Bertz CT molecular complexity index is 1190. The average Bonchev–Trinajstić information content (AvgIpc) is 3.10. The summed E-state index contributed by atoms with van der Waals surface area (Å²) in [5, 5.41) is 0. The van der Waals surface area contributed by atoms with Crippen LogP contribution in [0.1, 0.15) is 19.7 Å². The van der Waals surface area contributed by atoms with E-state index in [-0.39, 0.29) is 24.1 Å². The van der Waals surface area contributed by atoms with Crippen molar-refractivity contribution in [1.29, 1.82) is 0 Å². The third-order valence-corrected chi connectivity index (χ3v) is 5.05. The molecule has 0 atom stereocenters. The molecule has 0 saturated heterocycles. The number of hydrogen-bond donors (Lipinski definition) is 1. The molecule has 0 fully saturated rings. The lowest BCUT2D eigenvalue weighted by atomic mass is 10.0. The first-order valence-corrected chi connectivity index (χ1v) is 9.44. The van der Waals surface area contributed by atoms with Crippen molar-refractivity contribution in [2.45, 2.75) is 19.4 Å². The third kappa shape index (κ3) is 3.57. The van der Waals surface area contributed by atoms with Crippen molar-refractivity contribution in [3.05, 3.63) is 71.9 Å². The molecule has 1 amide bonds. The molecule has 2 N–H and O–H groups in total. The number of carbonyl (C=O) groups excluding carboxylic acids is 1. The maximum atomic E-state index is 13.7. The van der Waals surface area contributed by atoms with E-state index >= 15 is 0 Å². The average molecular weight is 428 g/mol. The highest BCUT2D eigenvalue weighted by atomic mass is 19.2. The summed E-state index contributed by atoms with van der Waals surface area (Å²) in [4.78, 5) is 18.4. The fraction of sp³-hybridized carbons (Fsp3) is 0.182. The van der Waals surface area contributed by atoms with Crippen LogP contribution >= 0.6 is 0 Å². The summed E-state index contributed by atoms with van der Waals surface area (Å²) in [6.07, 6.45) is 3.12. The Kier molecular flexibility index (Phi) is 5.06. The molecule has 0 radical (unpaired) electrons. The molecule has 160 valence electrons. The number of amides is 1. The molecule has 0 spiro atoms. The Morgan fingerprint density at radius 1 is 1.06 bits per heavy atom. The Morgan fingerprint density at radius 2 is 1.77 bits per heavy atom. The van der Waals surface area contributed by atoms with Gasteiger partial charge in [0.05, 0.1) is 6.54 Å². The molecule has 1 aliphatic rings. The van der Waals surface area contributed by atoms with Crippen LogP contribution in [-0.4, -0.2) is 26.9 Å². The van der Waals surface area contributed by atoms with Gasteiger partial charge in [-0.2, -0.15) is 0 Å². The van der Waals surface area contributed by atoms with Crippen LogP contribution in [0.2, 0.25) is 0 Å². The molecule has 0 aliphatic carbocycles. The Morgan fingerprint density at radius 3 is 2.42 bits per heavy atom. The maximum absolute atomic E-state index is 13.7. The van der Waals surface area contributed by atoms with Gasteiger partial charge in [-0.15, -0.1) is 0 Å². The Hall–Kier alpha value is -3.59. The van der Waals surface area contributed by atoms with Crippen LogP contribution in [-0.2, 0) is 10.3 Å². The lowest BCUT2D eigenvalue weighted by Crippen LogP contribution is -2.47. The largest absolute Gasteiger partial charge is 0.438 e. The summed E-state index contributed by atoms with van der Waals surface area (Å²) in [7, 11) is 0. The van der Waals surface area contributed by atoms with Gasteiger partial charge >= 0.3 is 0 Å². The van der Waals surface area contributed by atoms with Crippen LogP contribution < -0.4 is 10.5 Å². The van der Waals surface area contributed by atoms with Crippen molar-refractivity contribution in [1.82, 2.24) is 14.5 Å². The third-order valence-electron chi connectivity index (χ3n) is 5.05. The molecule has 0 unspecified atom stereocenters. The van der Waals surface area contributed by atoms with E-state index in [0.29, 0.717) is 17.1 Å². The first-order chi connectivity index (χ1) is 14.7. The first-order valence-electron chi connectivity index (χ1n) is 9.44. The molecule has 1 aromatic heterocycles. The highest BCUT2D eigenvalue weighted by Gasteiger charge is 2.39. The number of carbonyl (C=O) groups is 1. The van der Waals surface area contributed by atoms with Crippen molar-refractivity contribution in [2.75, 3.05) is 6.54 Å². The van der Waals surface area contributed by atoms with Gasteiger partial charge in [0.25, 0.3) is 0 Å². The van der Waals surface area contributed by atoms with E-state index in [1.165, 1.54) is 35.2 Å². The molecule has 0 saturated carbocycles. The minimum absolute atomic E-state index is 0.0524. The Labute approximate surface area is 176 Å². The molecular weight excluding hydrogens is 409 g/mol. The molecule has 6 nitrogen and oxygen atoms in total. The van der Waals surface area contributed by atoms with Crippen molar-refractivity contribution in [2.24, 2.45) is 5.73 Å². The van der Waals surface area contributed by atoms with Crippen LogP contribution in [0.15, 0.2) is 48.7 Å². The smallest absolute Gasteiger partial charge is 0.241 e. The van der Waals surface area contributed by atoms with Crippen LogP contribution in [0.3, 0.4) is 0 Å². The van der Waals surface area contributed by atoms with E-state index in [4.69, 9.17) is 10.5 Å². The number of hydrogen-bond acceptors (Lipinski definition) is 4. The molecule has 2 heterocycles. The number of benzene rings is 2. The number of imidazole rings is 1. The van der Waals surface area contributed by atoms with Gasteiger partial charge in [-0.25, -0.2) is 18.2 Å². The minimum atomic E-state index is -1.06. The topological polar surface area (TPSA) is 73.4 Å². The zero-order valence-electron chi connectivity index (χ0n) is 16.8. The summed E-state index contributed by atoms with van der Waals surface area (Å²) in [6, 6.07) is 8.78. The minimum Gasteiger partial charge on any atom is -0.438 e. The number of nitrogens with two attached hydrogens (primary N) is 1. The van der Waals surface area contributed by atoms with Gasteiger partial charge in [0, 0.05) is 24.0 Å². The van der Waals surface area contributed by atoms with Gasteiger partial charge in [-0.3, -0.25) is 9.36 Å². The van der Waals surface area contributed by atoms with Crippen LogP contribution in [0.5, 0.6) is 11.6 Å². The standard InChI is InChI=1S/C22H19F3N4O2/c1-22(2)21-27-19(13-3-5-14(23)6-4-13)20(28(21)9-10-29(22)18(30)12-26)31-15-7-8-16(24)17(25)11-15/h3-11H,12,26H2,1-2H3.